The zero-order valence-corrected chi connectivity index (χ0v) is 10.9. The number of phenolic OH excluding ortho intramolecular Hbond substituents is 1. The fourth-order valence-electron chi connectivity index (χ4n) is 1.79. The Morgan fingerprint density at radius 1 is 1.16 bits per heavy atom. The van der Waals surface area contributed by atoms with Gasteiger partial charge in [0.25, 0.3) is 0 Å². The molecule has 0 saturated carbocycles. The van der Waals surface area contributed by atoms with Crippen molar-refractivity contribution in [3.8, 4) is 5.75 Å². The number of hydrogen-bond acceptors (Lipinski definition) is 2. The van der Waals surface area contributed by atoms with E-state index in [9.17, 15) is 13.9 Å². The number of hydrogen-bond donors (Lipinski definition) is 2. The van der Waals surface area contributed by atoms with E-state index in [4.69, 9.17) is 11.6 Å². The fraction of sp³-hybridized carbons (Fsp3) is 0.143. The third kappa shape index (κ3) is 3.15. The van der Waals surface area contributed by atoms with Gasteiger partial charge in [-0.2, -0.15) is 0 Å². The second-order valence-electron chi connectivity index (χ2n) is 4.20. The van der Waals surface area contributed by atoms with E-state index in [1.165, 1.54) is 36.4 Å². The number of phenols is 1. The normalized spacial score (nSPS) is 12.2. The van der Waals surface area contributed by atoms with Crippen LogP contribution in [0.5, 0.6) is 5.75 Å². The predicted octanol–water partition coefficient (Wildman–Crippen LogP) is 4.50. The van der Waals surface area contributed by atoms with E-state index in [2.05, 4.69) is 5.32 Å². The molecule has 0 heterocycles. The van der Waals surface area contributed by atoms with Crippen LogP contribution in [0.25, 0.3) is 0 Å². The maximum Gasteiger partial charge on any atom is 0.141 e. The molecule has 19 heavy (non-hydrogen) atoms. The van der Waals surface area contributed by atoms with E-state index in [-0.39, 0.29) is 16.8 Å². The Labute approximate surface area is 114 Å². The third-order valence-corrected chi connectivity index (χ3v) is 3.05. The molecule has 0 aliphatic carbocycles. The van der Waals surface area contributed by atoms with Crippen molar-refractivity contribution in [1.29, 1.82) is 0 Å². The molecule has 2 aromatic rings. The van der Waals surface area contributed by atoms with Gasteiger partial charge in [-0.3, -0.25) is 0 Å². The summed E-state index contributed by atoms with van der Waals surface area (Å²) in [4.78, 5) is 0. The molecular formula is C14H12ClF2NO. The number of nitrogens with one attached hydrogen (secondary N) is 1. The zero-order valence-electron chi connectivity index (χ0n) is 10.1. The lowest BCUT2D eigenvalue weighted by Gasteiger charge is -2.17. The summed E-state index contributed by atoms with van der Waals surface area (Å²) in [6, 6.07) is 7.57. The minimum atomic E-state index is -0.506. The lowest BCUT2D eigenvalue weighted by Crippen LogP contribution is -2.07. The topological polar surface area (TPSA) is 32.3 Å². The van der Waals surface area contributed by atoms with Gasteiger partial charge in [0.05, 0.1) is 11.1 Å². The number of aromatic hydroxyl groups is 1. The van der Waals surface area contributed by atoms with Crippen molar-refractivity contribution in [1.82, 2.24) is 0 Å². The maximum absolute atomic E-state index is 13.2. The van der Waals surface area contributed by atoms with Gasteiger partial charge < -0.3 is 10.4 Å². The Morgan fingerprint density at radius 3 is 2.58 bits per heavy atom. The third-order valence-electron chi connectivity index (χ3n) is 2.76. The van der Waals surface area contributed by atoms with Crippen molar-refractivity contribution in [3.63, 3.8) is 0 Å². The van der Waals surface area contributed by atoms with Gasteiger partial charge in [0.2, 0.25) is 0 Å². The van der Waals surface area contributed by atoms with Crippen LogP contribution in [0.1, 0.15) is 18.5 Å². The van der Waals surface area contributed by atoms with Crippen molar-refractivity contribution in [2.45, 2.75) is 13.0 Å². The van der Waals surface area contributed by atoms with Crippen molar-refractivity contribution in [2.24, 2.45) is 0 Å². The van der Waals surface area contributed by atoms with E-state index in [1.807, 2.05) is 0 Å². The highest BCUT2D eigenvalue weighted by Gasteiger charge is 2.12. The summed E-state index contributed by atoms with van der Waals surface area (Å²) in [7, 11) is 0. The second-order valence-corrected chi connectivity index (χ2v) is 4.61. The minimum absolute atomic E-state index is 0.000615. The van der Waals surface area contributed by atoms with Gasteiger partial charge in [-0.1, -0.05) is 11.6 Å². The molecule has 0 radical (unpaired) electrons. The number of benzene rings is 2. The first-order valence-electron chi connectivity index (χ1n) is 5.67. The summed E-state index contributed by atoms with van der Waals surface area (Å²) in [6.45, 7) is 1.76. The Morgan fingerprint density at radius 2 is 1.89 bits per heavy atom. The van der Waals surface area contributed by atoms with Gasteiger partial charge in [-0.15, -0.1) is 0 Å². The maximum atomic E-state index is 13.2. The van der Waals surface area contributed by atoms with Gasteiger partial charge in [0.15, 0.2) is 0 Å². The lowest BCUT2D eigenvalue weighted by molar-refractivity contribution is 0.462. The summed E-state index contributed by atoms with van der Waals surface area (Å²) in [6.07, 6.45) is 0. The Bertz CT molecular complexity index is 604. The van der Waals surface area contributed by atoms with Crippen LogP contribution in [0.2, 0.25) is 5.02 Å². The molecule has 0 spiro atoms. The first kappa shape index (κ1) is 13.6. The highest BCUT2D eigenvalue weighted by molar-refractivity contribution is 6.31. The van der Waals surface area contributed by atoms with Crippen LogP contribution in [-0.2, 0) is 0 Å². The zero-order chi connectivity index (χ0) is 14.0. The first-order valence-corrected chi connectivity index (χ1v) is 6.05. The summed E-state index contributed by atoms with van der Waals surface area (Å²) in [5, 5.41) is 12.7. The standard InChI is InChI=1S/C14H12ClF2NO/c1-8(11-6-9(16)2-5-14(11)19)18-10-3-4-13(17)12(15)7-10/h2-8,18-19H,1H3. The molecule has 0 saturated heterocycles. The van der Waals surface area contributed by atoms with Crippen molar-refractivity contribution >= 4 is 17.3 Å². The van der Waals surface area contributed by atoms with Crippen molar-refractivity contribution in [2.75, 3.05) is 5.32 Å². The van der Waals surface area contributed by atoms with Crippen molar-refractivity contribution < 1.29 is 13.9 Å². The fourth-order valence-corrected chi connectivity index (χ4v) is 1.97. The molecule has 0 fully saturated rings. The molecule has 0 bridgehead atoms. The lowest BCUT2D eigenvalue weighted by atomic mass is 10.1. The molecule has 1 atom stereocenters. The molecule has 5 heteroatoms. The Balaban J connectivity index is 2.22. The van der Waals surface area contributed by atoms with Gasteiger partial charge >= 0.3 is 0 Å². The quantitative estimate of drug-likeness (QED) is 0.869. The number of halogens is 3. The van der Waals surface area contributed by atoms with E-state index < -0.39 is 11.6 Å². The minimum Gasteiger partial charge on any atom is -0.508 e. The van der Waals surface area contributed by atoms with Crippen LogP contribution in [0.4, 0.5) is 14.5 Å². The van der Waals surface area contributed by atoms with Crippen LogP contribution in [0.3, 0.4) is 0 Å². The highest BCUT2D eigenvalue weighted by atomic mass is 35.5. The van der Waals surface area contributed by atoms with Crippen molar-refractivity contribution in [3.05, 3.63) is 58.6 Å². The first-order chi connectivity index (χ1) is 8.97. The molecule has 2 N–H and O–H groups in total. The Hall–Kier alpha value is -1.81. The summed E-state index contributed by atoms with van der Waals surface area (Å²) < 4.78 is 26.2. The van der Waals surface area contributed by atoms with Gasteiger partial charge in [-0.25, -0.2) is 8.78 Å². The molecule has 2 aromatic carbocycles. The van der Waals surface area contributed by atoms with Crippen LogP contribution in [0.15, 0.2) is 36.4 Å². The molecule has 0 aromatic heterocycles. The average molecular weight is 284 g/mol. The van der Waals surface area contributed by atoms with Crippen LogP contribution in [-0.4, -0.2) is 5.11 Å². The molecule has 1 unspecified atom stereocenters. The summed E-state index contributed by atoms with van der Waals surface area (Å²) >= 11 is 5.68. The molecular weight excluding hydrogens is 272 g/mol. The van der Waals surface area contributed by atoms with E-state index >= 15 is 0 Å². The smallest absolute Gasteiger partial charge is 0.141 e. The van der Waals surface area contributed by atoms with Gasteiger partial charge in [-0.05, 0) is 43.3 Å². The van der Waals surface area contributed by atoms with Gasteiger partial charge in [0, 0.05) is 11.3 Å². The SMILES string of the molecule is CC(Nc1ccc(F)c(Cl)c1)c1cc(F)ccc1O. The second kappa shape index (κ2) is 5.45. The molecule has 100 valence electrons. The monoisotopic (exact) mass is 283 g/mol. The van der Waals surface area contributed by atoms with E-state index in [0.29, 0.717) is 11.3 Å². The molecule has 2 nitrogen and oxygen atoms in total. The number of anilines is 1. The van der Waals surface area contributed by atoms with Crippen LogP contribution < -0.4 is 5.32 Å². The Kier molecular flexibility index (Phi) is 3.90. The average Bonchev–Trinajstić information content (AvgIpc) is 2.36. The number of rotatable bonds is 3. The van der Waals surface area contributed by atoms with E-state index in [0.717, 1.165) is 0 Å². The van der Waals surface area contributed by atoms with E-state index in [1.54, 1.807) is 6.92 Å². The molecule has 0 aliphatic heterocycles. The summed E-state index contributed by atoms with van der Waals surface area (Å²) in [5.74, 6) is -0.943. The van der Waals surface area contributed by atoms with Crippen LogP contribution >= 0.6 is 11.6 Å². The largest absolute Gasteiger partial charge is 0.508 e. The van der Waals surface area contributed by atoms with Crippen LogP contribution in [0, 0.1) is 11.6 Å². The van der Waals surface area contributed by atoms with Gasteiger partial charge in [0.1, 0.15) is 17.4 Å². The predicted molar refractivity (Wildman–Crippen MR) is 71.5 cm³/mol. The highest BCUT2D eigenvalue weighted by Crippen LogP contribution is 2.28. The molecule has 2 rings (SSSR count). The molecule has 0 amide bonds. The molecule has 0 aliphatic rings. The summed E-state index contributed by atoms with van der Waals surface area (Å²) in [5.41, 5.74) is 1.00.